The maximum absolute atomic E-state index is 11.3. The highest BCUT2D eigenvalue weighted by Gasteiger charge is 2.24. The van der Waals surface area contributed by atoms with E-state index in [1.165, 1.54) is 5.01 Å². The molecule has 14 heavy (non-hydrogen) atoms. The summed E-state index contributed by atoms with van der Waals surface area (Å²) in [5.74, 6) is -0.545. The van der Waals surface area contributed by atoms with E-state index in [4.69, 9.17) is 4.74 Å². The predicted octanol–water partition coefficient (Wildman–Crippen LogP) is 0.548. The van der Waals surface area contributed by atoms with Crippen molar-refractivity contribution in [2.24, 2.45) is 5.10 Å². The molecule has 0 saturated carbocycles. The van der Waals surface area contributed by atoms with Gasteiger partial charge in [0, 0.05) is 5.71 Å². The normalized spacial score (nSPS) is 15.7. The van der Waals surface area contributed by atoms with Crippen LogP contribution in [0.15, 0.2) is 5.10 Å². The van der Waals surface area contributed by atoms with Gasteiger partial charge >= 0.3 is 5.97 Å². The van der Waals surface area contributed by atoms with Gasteiger partial charge in [0.1, 0.15) is 6.54 Å². The van der Waals surface area contributed by atoms with E-state index in [1.807, 2.05) is 6.92 Å². The molecule has 0 aromatic rings. The molecule has 0 spiro atoms. The first kappa shape index (κ1) is 10.7. The summed E-state index contributed by atoms with van der Waals surface area (Å²) in [7, 11) is 0. The van der Waals surface area contributed by atoms with Crippen molar-refractivity contribution in [1.82, 2.24) is 5.01 Å². The van der Waals surface area contributed by atoms with Crippen LogP contribution in [0.25, 0.3) is 0 Å². The van der Waals surface area contributed by atoms with Crippen LogP contribution in [0.3, 0.4) is 0 Å². The lowest BCUT2D eigenvalue weighted by Crippen LogP contribution is -2.28. The van der Waals surface area contributed by atoms with Crippen LogP contribution in [0.1, 0.15) is 26.7 Å². The third-order valence-corrected chi connectivity index (χ3v) is 1.90. The Morgan fingerprint density at radius 2 is 2.29 bits per heavy atom. The number of hydrogen-bond donors (Lipinski definition) is 0. The fourth-order valence-corrected chi connectivity index (χ4v) is 1.18. The zero-order valence-electron chi connectivity index (χ0n) is 8.45. The number of rotatable bonds is 4. The minimum absolute atomic E-state index is 0.0732. The van der Waals surface area contributed by atoms with Gasteiger partial charge in [0.25, 0.3) is 0 Å². The minimum Gasteiger partial charge on any atom is -0.465 e. The van der Waals surface area contributed by atoms with Crippen molar-refractivity contribution in [1.29, 1.82) is 0 Å². The molecular weight excluding hydrogens is 184 g/mol. The number of carbonyl (C=O) groups is 2. The number of hydrogen-bond acceptors (Lipinski definition) is 4. The summed E-state index contributed by atoms with van der Waals surface area (Å²) in [6, 6.07) is 0. The fourth-order valence-electron chi connectivity index (χ4n) is 1.18. The molecule has 0 aliphatic carbocycles. The van der Waals surface area contributed by atoms with Crippen LogP contribution in [0, 0.1) is 0 Å². The number of carbonyl (C=O) groups excluding carboxylic acids is 2. The van der Waals surface area contributed by atoms with Crippen LogP contribution in [-0.2, 0) is 14.3 Å². The van der Waals surface area contributed by atoms with E-state index in [-0.39, 0.29) is 12.5 Å². The van der Waals surface area contributed by atoms with Gasteiger partial charge < -0.3 is 4.74 Å². The van der Waals surface area contributed by atoms with E-state index in [9.17, 15) is 9.59 Å². The third-order valence-electron chi connectivity index (χ3n) is 1.90. The number of nitrogens with zero attached hydrogens (tertiary/aromatic N) is 2. The minimum atomic E-state index is -0.415. The Hall–Kier alpha value is -1.39. The van der Waals surface area contributed by atoms with E-state index < -0.39 is 5.97 Å². The summed E-state index contributed by atoms with van der Waals surface area (Å²) in [4.78, 5) is 22.3. The first-order chi connectivity index (χ1) is 6.67. The predicted molar refractivity (Wildman–Crippen MR) is 50.7 cm³/mol. The van der Waals surface area contributed by atoms with Crippen LogP contribution >= 0.6 is 0 Å². The zero-order chi connectivity index (χ0) is 10.6. The highest BCUT2D eigenvalue weighted by atomic mass is 16.5. The van der Waals surface area contributed by atoms with Crippen molar-refractivity contribution in [2.45, 2.75) is 26.7 Å². The summed E-state index contributed by atoms with van der Waals surface area (Å²) in [5.41, 5.74) is 0.819. The molecule has 0 aromatic carbocycles. The maximum Gasteiger partial charge on any atom is 0.327 e. The number of hydrazone groups is 1. The van der Waals surface area contributed by atoms with Gasteiger partial charge in [-0.25, -0.2) is 5.01 Å². The second kappa shape index (κ2) is 4.74. The van der Waals surface area contributed by atoms with E-state index in [0.717, 1.165) is 12.1 Å². The summed E-state index contributed by atoms with van der Waals surface area (Å²) in [6.45, 7) is 3.91. The van der Waals surface area contributed by atoms with Crippen molar-refractivity contribution >= 4 is 17.6 Å². The van der Waals surface area contributed by atoms with Gasteiger partial charge in [0.15, 0.2) is 0 Å². The second-order valence-corrected chi connectivity index (χ2v) is 2.95. The fraction of sp³-hybridized carbons (Fsp3) is 0.667. The van der Waals surface area contributed by atoms with Crippen molar-refractivity contribution in [3.05, 3.63) is 0 Å². The molecule has 1 heterocycles. The summed E-state index contributed by atoms with van der Waals surface area (Å²) in [5, 5.41) is 5.19. The lowest BCUT2D eigenvalue weighted by atomic mass is 10.2. The molecule has 78 valence electrons. The summed E-state index contributed by atoms with van der Waals surface area (Å²) in [6.07, 6.45) is 1.07. The topological polar surface area (TPSA) is 59.0 Å². The van der Waals surface area contributed by atoms with Gasteiger partial charge in [-0.3, -0.25) is 9.59 Å². The highest BCUT2D eigenvalue weighted by Crippen LogP contribution is 2.09. The van der Waals surface area contributed by atoms with Gasteiger partial charge in [-0.05, 0) is 13.3 Å². The molecule has 5 heteroatoms. The third kappa shape index (κ3) is 2.55. The van der Waals surface area contributed by atoms with Gasteiger partial charge in [0.2, 0.25) is 5.91 Å². The van der Waals surface area contributed by atoms with Crippen LogP contribution < -0.4 is 0 Å². The molecule has 0 bridgehead atoms. The van der Waals surface area contributed by atoms with E-state index in [0.29, 0.717) is 13.0 Å². The average molecular weight is 198 g/mol. The standard InChI is InChI=1S/C9H14N2O3/c1-3-7-5-8(12)11(10-7)6-9(13)14-4-2/h3-6H2,1-2H3. The van der Waals surface area contributed by atoms with Crippen LogP contribution in [0.2, 0.25) is 0 Å². The Balaban J connectivity index is 2.49. The molecule has 0 aromatic heterocycles. The zero-order valence-corrected chi connectivity index (χ0v) is 8.45. The van der Waals surface area contributed by atoms with Gasteiger partial charge in [-0.2, -0.15) is 5.10 Å². The van der Waals surface area contributed by atoms with E-state index in [1.54, 1.807) is 6.92 Å². The Kier molecular flexibility index (Phi) is 3.62. The Morgan fingerprint density at radius 1 is 1.57 bits per heavy atom. The quantitative estimate of drug-likeness (QED) is 0.620. The van der Waals surface area contributed by atoms with Crippen molar-refractivity contribution in [2.75, 3.05) is 13.2 Å². The van der Waals surface area contributed by atoms with Gasteiger partial charge in [-0.15, -0.1) is 0 Å². The van der Waals surface area contributed by atoms with Crippen molar-refractivity contribution in [3.8, 4) is 0 Å². The second-order valence-electron chi connectivity index (χ2n) is 2.95. The maximum atomic E-state index is 11.3. The molecule has 0 atom stereocenters. The molecule has 5 nitrogen and oxygen atoms in total. The largest absolute Gasteiger partial charge is 0.465 e. The molecule has 0 radical (unpaired) electrons. The van der Waals surface area contributed by atoms with Crippen molar-refractivity contribution in [3.63, 3.8) is 0 Å². The number of ether oxygens (including phenoxy) is 1. The van der Waals surface area contributed by atoms with Gasteiger partial charge in [0.05, 0.1) is 13.0 Å². The Labute approximate surface area is 82.7 Å². The van der Waals surface area contributed by atoms with E-state index in [2.05, 4.69) is 5.10 Å². The molecule has 1 rings (SSSR count). The lowest BCUT2D eigenvalue weighted by Gasteiger charge is -2.09. The highest BCUT2D eigenvalue weighted by molar-refractivity contribution is 6.05. The van der Waals surface area contributed by atoms with E-state index >= 15 is 0 Å². The SMILES string of the molecule is CCOC(=O)CN1N=C(CC)CC1=O. The number of esters is 1. The number of amides is 1. The van der Waals surface area contributed by atoms with Crippen LogP contribution in [-0.4, -0.2) is 35.7 Å². The average Bonchev–Trinajstić information content (AvgIpc) is 2.48. The summed E-state index contributed by atoms with van der Waals surface area (Å²) < 4.78 is 4.72. The van der Waals surface area contributed by atoms with Crippen LogP contribution in [0.4, 0.5) is 0 Å². The molecule has 0 fully saturated rings. The molecule has 1 aliphatic rings. The molecule has 0 N–H and O–H groups in total. The molecule has 0 unspecified atom stereocenters. The Morgan fingerprint density at radius 3 is 2.79 bits per heavy atom. The summed E-state index contributed by atoms with van der Waals surface area (Å²) >= 11 is 0. The Bertz CT molecular complexity index is 273. The van der Waals surface area contributed by atoms with Crippen LogP contribution in [0.5, 0.6) is 0 Å². The van der Waals surface area contributed by atoms with Gasteiger partial charge in [-0.1, -0.05) is 6.92 Å². The first-order valence-electron chi connectivity index (χ1n) is 4.69. The monoisotopic (exact) mass is 198 g/mol. The lowest BCUT2D eigenvalue weighted by molar-refractivity contribution is -0.148. The van der Waals surface area contributed by atoms with Crippen molar-refractivity contribution < 1.29 is 14.3 Å². The molecule has 1 amide bonds. The smallest absolute Gasteiger partial charge is 0.327 e. The first-order valence-corrected chi connectivity index (χ1v) is 4.69. The molecule has 0 saturated heterocycles. The molecular formula is C9H14N2O3. The molecule has 1 aliphatic heterocycles.